The van der Waals surface area contributed by atoms with Crippen LogP contribution in [0.3, 0.4) is 0 Å². The number of thiophene rings is 1. The second-order valence-corrected chi connectivity index (χ2v) is 2.72. The smallest absolute Gasteiger partial charge is 0.0422 e. The molecule has 0 N–H and O–H groups in total. The molecule has 2 radical (unpaired) electrons. The summed E-state index contributed by atoms with van der Waals surface area (Å²) in [6.45, 7) is 0. The van der Waals surface area contributed by atoms with Crippen LogP contribution >= 0.6 is 11.3 Å². The molecule has 0 nitrogen and oxygen atoms in total. The van der Waals surface area contributed by atoms with E-state index in [-0.39, 0.29) is 0 Å². The summed E-state index contributed by atoms with van der Waals surface area (Å²) in [6.07, 6.45) is 0. The van der Waals surface area contributed by atoms with Crippen molar-refractivity contribution in [1.29, 1.82) is 0 Å². The molecule has 1 aromatic carbocycles. The average Bonchev–Trinajstić information content (AvgIpc) is 2.33. The van der Waals surface area contributed by atoms with Crippen molar-refractivity contribution >= 4 is 21.4 Å². The van der Waals surface area contributed by atoms with Gasteiger partial charge < -0.3 is 0 Å². The molecule has 0 aliphatic carbocycles. The predicted molar refractivity (Wildman–Crippen MR) is 39.5 cm³/mol. The SMILES string of the molecule is [c]1c[c]c2sccc2c1. The van der Waals surface area contributed by atoms with Gasteiger partial charge in [0.25, 0.3) is 0 Å². The first-order valence-electron chi connectivity index (χ1n) is 2.72. The van der Waals surface area contributed by atoms with Crippen molar-refractivity contribution in [3.8, 4) is 0 Å². The molecule has 1 heterocycles. The highest BCUT2D eigenvalue weighted by molar-refractivity contribution is 7.17. The van der Waals surface area contributed by atoms with Gasteiger partial charge in [0.1, 0.15) is 0 Å². The Balaban J connectivity index is 2.95. The van der Waals surface area contributed by atoms with Gasteiger partial charge in [-0.1, -0.05) is 0 Å². The zero-order chi connectivity index (χ0) is 6.10. The molecular formula is C8H4S. The average molecular weight is 132 g/mol. The van der Waals surface area contributed by atoms with E-state index in [0.29, 0.717) is 0 Å². The van der Waals surface area contributed by atoms with E-state index in [0.717, 1.165) is 0 Å². The molecule has 0 fully saturated rings. The summed E-state index contributed by atoms with van der Waals surface area (Å²) in [4.78, 5) is 0. The van der Waals surface area contributed by atoms with Crippen LogP contribution < -0.4 is 0 Å². The highest BCUT2D eigenvalue weighted by Gasteiger charge is 1.88. The molecule has 2 aromatic rings. The monoisotopic (exact) mass is 132 g/mol. The summed E-state index contributed by atoms with van der Waals surface area (Å²) in [5.41, 5.74) is 0. The highest BCUT2D eigenvalue weighted by atomic mass is 32.1. The summed E-state index contributed by atoms with van der Waals surface area (Å²) < 4.78 is 1.22. The Hall–Kier alpha value is -0.820. The minimum atomic E-state index is 1.22. The Labute approximate surface area is 57.8 Å². The van der Waals surface area contributed by atoms with E-state index >= 15 is 0 Å². The van der Waals surface area contributed by atoms with Crippen LogP contribution in [0.2, 0.25) is 0 Å². The number of rotatable bonds is 0. The van der Waals surface area contributed by atoms with Crippen LogP contribution in [0, 0.1) is 12.1 Å². The summed E-state index contributed by atoms with van der Waals surface area (Å²) in [7, 11) is 0. The van der Waals surface area contributed by atoms with Crippen molar-refractivity contribution in [3.63, 3.8) is 0 Å². The quantitative estimate of drug-likeness (QED) is 0.516. The fourth-order valence-corrected chi connectivity index (χ4v) is 1.53. The minimum absolute atomic E-state index is 1.22. The number of hydrogen-bond donors (Lipinski definition) is 0. The molecule has 2 rings (SSSR count). The molecule has 1 heteroatoms. The van der Waals surface area contributed by atoms with Gasteiger partial charge in [-0.3, -0.25) is 0 Å². The van der Waals surface area contributed by atoms with Crippen molar-refractivity contribution in [2.75, 3.05) is 0 Å². The van der Waals surface area contributed by atoms with Crippen LogP contribution in [0.15, 0.2) is 23.6 Å². The lowest BCUT2D eigenvalue weighted by Gasteiger charge is -1.80. The summed E-state index contributed by atoms with van der Waals surface area (Å²) >= 11 is 1.71. The lowest BCUT2D eigenvalue weighted by atomic mass is 10.3. The van der Waals surface area contributed by atoms with Crippen molar-refractivity contribution in [1.82, 2.24) is 0 Å². The van der Waals surface area contributed by atoms with Crippen LogP contribution in [0.5, 0.6) is 0 Å². The Bertz CT molecular complexity index is 279. The fraction of sp³-hybridized carbons (Fsp3) is 0. The molecule has 0 saturated heterocycles. The van der Waals surface area contributed by atoms with Crippen molar-refractivity contribution in [2.45, 2.75) is 0 Å². The molecule has 0 atom stereocenters. The summed E-state index contributed by atoms with van der Waals surface area (Å²) in [5, 5.41) is 3.30. The number of fused-ring (bicyclic) bond motifs is 1. The summed E-state index contributed by atoms with van der Waals surface area (Å²) in [6, 6.07) is 11.9. The first-order chi connectivity index (χ1) is 4.47. The van der Waals surface area contributed by atoms with Gasteiger partial charge in [-0.15, -0.1) is 11.3 Å². The van der Waals surface area contributed by atoms with Gasteiger partial charge >= 0.3 is 0 Å². The maximum Gasteiger partial charge on any atom is 0.0422 e. The minimum Gasteiger partial charge on any atom is -0.143 e. The molecule has 9 heavy (non-hydrogen) atoms. The first kappa shape index (κ1) is 5.00. The number of hydrogen-bond acceptors (Lipinski definition) is 1. The maximum absolute atomic E-state index is 3.09. The topological polar surface area (TPSA) is 0 Å². The van der Waals surface area contributed by atoms with Gasteiger partial charge in [-0.2, -0.15) is 0 Å². The van der Waals surface area contributed by atoms with Crippen LogP contribution in [-0.2, 0) is 0 Å². The lowest BCUT2D eigenvalue weighted by Crippen LogP contribution is -1.58. The standard InChI is InChI=1S/C8H4S/c1-2-4-8-7(3-1)5-6-9-8/h2-3,5-6H. The molecule has 0 aliphatic heterocycles. The maximum atomic E-state index is 3.09. The normalized spacial score (nSPS) is 10.2. The molecule has 0 bridgehead atoms. The predicted octanol–water partition coefficient (Wildman–Crippen LogP) is 2.50. The summed E-state index contributed by atoms with van der Waals surface area (Å²) in [5.74, 6) is 0. The van der Waals surface area contributed by atoms with Crippen molar-refractivity contribution in [2.24, 2.45) is 0 Å². The van der Waals surface area contributed by atoms with E-state index in [1.807, 2.05) is 12.1 Å². The van der Waals surface area contributed by atoms with Gasteiger partial charge in [0, 0.05) is 10.8 Å². The molecule has 0 unspecified atom stereocenters. The number of benzene rings is 1. The second kappa shape index (κ2) is 1.85. The van der Waals surface area contributed by atoms with Crippen LogP contribution in [0.25, 0.3) is 10.1 Å². The molecule has 0 aliphatic rings. The molecule has 0 amide bonds. The van der Waals surface area contributed by atoms with Gasteiger partial charge in [0.15, 0.2) is 0 Å². The molecule has 1 aromatic heterocycles. The van der Waals surface area contributed by atoms with E-state index in [1.54, 1.807) is 11.3 Å². The highest BCUT2D eigenvalue weighted by Crippen LogP contribution is 2.17. The Morgan fingerprint density at radius 1 is 1.44 bits per heavy atom. The Kier molecular flexibility index (Phi) is 1.03. The van der Waals surface area contributed by atoms with Gasteiger partial charge in [-0.25, -0.2) is 0 Å². The molecular weight excluding hydrogens is 128 g/mol. The van der Waals surface area contributed by atoms with E-state index in [4.69, 9.17) is 0 Å². The van der Waals surface area contributed by atoms with Crippen LogP contribution in [-0.4, -0.2) is 0 Å². The fourth-order valence-electron chi connectivity index (χ4n) is 0.789. The first-order valence-corrected chi connectivity index (χ1v) is 3.60. The van der Waals surface area contributed by atoms with E-state index in [9.17, 15) is 0 Å². The zero-order valence-corrected chi connectivity index (χ0v) is 5.53. The Morgan fingerprint density at radius 3 is 3.33 bits per heavy atom. The third-order valence-electron chi connectivity index (χ3n) is 1.22. The van der Waals surface area contributed by atoms with E-state index in [1.165, 1.54) is 10.1 Å². The largest absolute Gasteiger partial charge is 0.143 e. The third-order valence-corrected chi connectivity index (χ3v) is 2.08. The van der Waals surface area contributed by atoms with Crippen LogP contribution in [0.4, 0.5) is 0 Å². The zero-order valence-electron chi connectivity index (χ0n) is 4.72. The van der Waals surface area contributed by atoms with Crippen LogP contribution in [0.1, 0.15) is 0 Å². The second-order valence-electron chi connectivity index (χ2n) is 1.80. The van der Waals surface area contributed by atoms with Gasteiger partial charge in [-0.05, 0) is 35.0 Å². The van der Waals surface area contributed by atoms with Gasteiger partial charge in [0.05, 0.1) is 0 Å². The lowest BCUT2D eigenvalue weighted by molar-refractivity contribution is 1.81. The molecule has 0 spiro atoms. The van der Waals surface area contributed by atoms with E-state index in [2.05, 4.69) is 23.6 Å². The van der Waals surface area contributed by atoms with Crippen molar-refractivity contribution < 1.29 is 0 Å². The van der Waals surface area contributed by atoms with Crippen molar-refractivity contribution in [3.05, 3.63) is 35.7 Å². The Morgan fingerprint density at radius 2 is 2.44 bits per heavy atom. The third kappa shape index (κ3) is 0.736. The molecule has 0 saturated carbocycles. The molecule has 42 valence electrons. The van der Waals surface area contributed by atoms with E-state index < -0.39 is 0 Å². The van der Waals surface area contributed by atoms with Gasteiger partial charge in [0.2, 0.25) is 0 Å².